The molecule has 1 N–H and O–H groups in total. The molecule has 2 rings (SSSR count). The molecule has 0 radical (unpaired) electrons. The maximum absolute atomic E-state index is 12.0. The van der Waals surface area contributed by atoms with Crippen LogP contribution in [0.15, 0.2) is 4.52 Å². The van der Waals surface area contributed by atoms with E-state index in [1.807, 2.05) is 0 Å². The second-order valence-corrected chi connectivity index (χ2v) is 5.85. The molecular formula is C10H12Cl2N2O2. The van der Waals surface area contributed by atoms with Crippen molar-refractivity contribution in [3.05, 3.63) is 11.5 Å². The molecule has 4 nitrogen and oxygen atoms in total. The standard InChI is InChI=1S/C10H12Cl2N2O2/c1-5-7(6(2)16-14-5)13-8(15)9(3)4-10(9,11)12/h4H2,1-3H3,(H,13,15)/t9-/m0/s1. The second-order valence-electron chi connectivity index (χ2n) is 4.37. The summed E-state index contributed by atoms with van der Waals surface area (Å²) in [5, 5.41) is 6.50. The highest BCUT2D eigenvalue weighted by molar-refractivity contribution is 6.53. The third kappa shape index (κ3) is 1.60. The average Bonchev–Trinajstić information content (AvgIpc) is 2.55. The molecule has 1 atom stereocenters. The van der Waals surface area contributed by atoms with E-state index in [9.17, 15) is 4.79 Å². The van der Waals surface area contributed by atoms with Gasteiger partial charge in [-0.15, -0.1) is 23.2 Å². The number of carbonyl (C=O) groups is 1. The predicted molar refractivity (Wildman–Crippen MR) is 61.8 cm³/mol. The minimum Gasteiger partial charge on any atom is -0.359 e. The van der Waals surface area contributed by atoms with Crippen LogP contribution in [0.1, 0.15) is 24.8 Å². The summed E-state index contributed by atoms with van der Waals surface area (Å²) < 4.78 is 3.99. The minimum atomic E-state index is -0.962. The summed E-state index contributed by atoms with van der Waals surface area (Å²) in [6.45, 7) is 5.23. The van der Waals surface area contributed by atoms with Gasteiger partial charge in [0.15, 0.2) is 5.76 Å². The van der Waals surface area contributed by atoms with Gasteiger partial charge in [-0.1, -0.05) is 5.16 Å². The summed E-state index contributed by atoms with van der Waals surface area (Å²) in [7, 11) is 0. The van der Waals surface area contributed by atoms with Crippen molar-refractivity contribution in [2.45, 2.75) is 31.5 Å². The molecule has 0 saturated heterocycles. The molecular weight excluding hydrogens is 251 g/mol. The molecule has 1 aromatic rings. The zero-order chi connectivity index (χ0) is 12.1. The number of rotatable bonds is 2. The lowest BCUT2D eigenvalue weighted by Crippen LogP contribution is -2.26. The Balaban J connectivity index is 2.16. The van der Waals surface area contributed by atoms with E-state index in [4.69, 9.17) is 27.7 Å². The molecule has 1 amide bonds. The van der Waals surface area contributed by atoms with E-state index < -0.39 is 9.75 Å². The Morgan fingerprint density at radius 1 is 1.50 bits per heavy atom. The van der Waals surface area contributed by atoms with E-state index in [2.05, 4.69) is 10.5 Å². The Morgan fingerprint density at radius 3 is 2.44 bits per heavy atom. The number of anilines is 1. The third-order valence-corrected chi connectivity index (χ3v) is 4.13. The summed E-state index contributed by atoms with van der Waals surface area (Å²) in [5.41, 5.74) is 0.513. The number of halogens is 2. The number of nitrogens with one attached hydrogen (secondary N) is 1. The molecule has 88 valence electrons. The van der Waals surface area contributed by atoms with Gasteiger partial charge in [-0.2, -0.15) is 0 Å². The first-order chi connectivity index (χ1) is 7.28. The molecule has 1 saturated carbocycles. The number of alkyl halides is 2. The van der Waals surface area contributed by atoms with Crippen molar-refractivity contribution in [3.63, 3.8) is 0 Å². The molecule has 0 bridgehead atoms. The average molecular weight is 263 g/mol. The first-order valence-corrected chi connectivity index (χ1v) is 5.66. The van der Waals surface area contributed by atoms with Crippen LogP contribution in [0, 0.1) is 19.3 Å². The first kappa shape index (κ1) is 11.7. The van der Waals surface area contributed by atoms with Crippen LogP contribution in [0.2, 0.25) is 0 Å². The van der Waals surface area contributed by atoms with Gasteiger partial charge < -0.3 is 9.84 Å². The number of hydrogen-bond donors (Lipinski definition) is 1. The third-order valence-electron chi connectivity index (χ3n) is 3.03. The highest BCUT2D eigenvalue weighted by Gasteiger charge is 2.68. The van der Waals surface area contributed by atoms with Crippen LogP contribution in [-0.2, 0) is 4.79 Å². The number of carbonyl (C=O) groups excluding carboxylic acids is 1. The van der Waals surface area contributed by atoms with Crippen LogP contribution in [0.3, 0.4) is 0 Å². The Morgan fingerprint density at radius 2 is 2.06 bits per heavy atom. The van der Waals surface area contributed by atoms with Gasteiger partial charge in [0, 0.05) is 0 Å². The highest BCUT2D eigenvalue weighted by atomic mass is 35.5. The molecule has 0 aliphatic heterocycles. The molecule has 1 aliphatic carbocycles. The molecule has 0 aromatic carbocycles. The van der Waals surface area contributed by atoms with Crippen LogP contribution in [0.25, 0.3) is 0 Å². The highest BCUT2D eigenvalue weighted by Crippen LogP contribution is 2.64. The van der Waals surface area contributed by atoms with Crippen LogP contribution in [0.5, 0.6) is 0 Å². The Bertz CT molecular complexity index is 436. The van der Waals surface area contributed by atoms with Gasteiger partial charge >= 0.3 is 0 Å². The Kier molecular flexibility index (Phi) is 2.48. The van der Waals surface area contributed by atoms with E-state index in [0.717, 1.165) is 0 Å². The molecule has 1 heterocycles. The van der Waals surface area contributed by atoms with Crippen LogP contribution in [-0.4, -0.2) is 15.4 Å². The van der Waals surface area contributed by atoms with Gasteiger partial charge in [-0.25, -0.2) is 0 Å². The van der Waals surface area contributed by atoms with Crippen molar-refractivity contribution in [1.82, 2.24) is 5.16 Å². The summed E-state index contributed by atoms with van der Waals surface area (Å²) in [5.74, 6) is 0.372. The predicted octanol–water partition coefficient (Wildman–Crippen LogP) is 2.81. The zero-order valence-corrected chi connectivity index (χ0v) is 10.7. The van der Waals surface area contributed by atoms with E-state index in [-0.39, 0.29) is 5.91 Å². The molecule has 16 heavy (non-hydrogen) atoms. The van der Waals surface area contributed by atoms with Gasteiger partial charge in [-0.3, -0.25) is 4.79 Å². The molecule has 0 spiro atoms. The summed E-state index contributed by atoms with van der Waals surface area (Å²) in [6.07, 6.45) is 0.457. The van der Waals surface area contributed by atoms with E-state index in [0.29, 0.717) is 23.6 Å². The number of aryl methyl sites for hydroxylation is 2. The maximum atomic E-state index is 12.0. The van der Waals surface area contributed by atoms with E-state index in [1.165, 1.54) is 0 Å². The normalized spacial score (nSPS) is 26.6. The second kappa shape index (κ2) is 3.37. The lowest BCUT2D eigenvalue weighted by atomic mass is 10.1. The van der Waals surface area contributed by atoms with Crippen LogP contribution >= 0.6 is 23.2 Å². The van der Waals surface area contributed by atoms with Crippen LogP contribution < -0.4 is 5.32 Å². The van der Waals surface area contributed by atoms with Crippen molar-refractivity contribution in [1.29, 1.82) is 0 Å². The van der Waals surface area contributed by atoms with Gasteiger partial charge in [0.25, 0.3) is 0 Å². The van der Waals surface area contributed by atoms with E-state index >= 15 is 0 Å². The number of aromatic nitrogens is 1. The lowest BCUT2D eigenvalue weighted by molar-refractivity contribution is -0.120. The summed E-state index contributed by atoms with van der Waals surface area (Å²) >= 11 is 11.9. The Hall–Kier alpha value is -0.740. The molecule has 0 unspecified atom stereocenters. The number of amides is 1. The molecule has 1 fully saturated rings. The van der Waals surface area contributed by atoms with E-state index in [1.54, 1.807) is 20.8 Å². The topological polar surface area (TPSA) is 55.1 Å². The smallest absolute Gasteiger partial charge is 0.233 e. The SMILES string of the molecule is Cc1noc(C)c1NC(=O)[C@]1(C)CC1(Cl)Cl. The largest absolute Gasteiger partial charge is 0.359 e. The molecule has 6 heteroatoms. The van der Waals surface area contributed by atoms with Gasteiger partial charge in [0.2, 0.25) is 5.91 Å². The quantitative estimate of drug-likeness (QED) is 0.834. The fraction of sp³-hybridized carbons (Fsp3) is 0.600. The summed E-state index contributed by atoms with van der Waals surface area (Å²) in [6, 6.07) is 0. The van der Waals surface area contributed by atoms with Crippen LogP contribution in [0.4, 0.5) is 5.69 Å². The fourth-order valence-corrected chi connectivity index (χ4v) is 2.27. The Labute approximate surface area is 103 Å². The number of hydrogen-bond acceptors (Lipinski definition) is 3. The zero-order valence-electron chi connectivity index (χ0n) is 9.23. The van der Waals surface area contributed by atoms with Crippen molar-refractivity contribution in [3.8, 4) is 0 Å². The van der Waals surface area contributed by atoms with Crippen molar-refractivity contribution in [2.75, 3.05) is 5.32 Å². The van der Waals surface area contributed by atoms with Gasteiger partial charge in [0.05, 0.1) is 5.41 Å². The van der Waals surface area contributed by atoms with Gasteiger partial charge in [0.1, 0.15) is 15.7 Å². The van der Waals surface area contributed by atoms with Crippen molar-refractivity contribution >= 4 is 34.8 Å². The number of nitrogens with zero attached hydrogens (tertiary/aromatic N) is 1. The molecule has 1 aliphatic rings. The lowest BCUT2D eigenvalue weighted by Gasteiger charge is -2.11. The minimum absolute atomic E-state index is 0.202. The maximum Gasteiger partial charge on any atom is 0.233 e. The van der Waals surface area contributed by atoms with Crippen molar-refractivity contribution in [2.24, 2.45) is 5.41 Å². The first-order valence-electron chi connectivity index (χ1n) is 4.90. The van der Waals surface area contributed by atoms with Gasteiger partial charge in [-0.05, 0) is 27.2 Å². The van der Waals surface area contributed by atoms with Crippen molar-refractivity contribution < 1.29 is 9.32 Å². The fourth-order valence-electron chi connectivity index (χ4n) is 1.56. The summed E-state index contributed by atoms with van der Waals surface area (Å²) in [4.78, 5) is 12.0. The molecule has 1 aromatic heterocycles. The monoisotopic (exact) mass is 262 g/mol.